The van der Waals surface area contributed by atoms with E-state index < -0.39 is 0 Å². The zero-order valence-electron chi connectivity index (χ0n) is 11.9. The molecule has 0 saturated heterocycles. The first kappa shape index (κ1) is 16.1. The standard InChI is InChI=1S/C16H18Cl2N2O/c1-20(12-13-5-3-8-19-16(13)18)9-4-10-21-15-7-2-6-14(17)11-15/h2-3,5-8,11H,4,9-10,12H2,1H3. The van der Waals surface area contributed by atoms with Gasteiger partial charge in [-0.2, -0.15) is 0 Å². The Morgan fingerprint density at radius 1 is 1.19 bits per heavy atom. The Morgan fingerprint density at radius 2 is 2.05 bits per heavy atom. The van der Waals surface area contributed by atoms with Crippen LogP contribution in [0.2, 0.25) is 10.2 Å². The fraction of sp³-hybridized carbons (Fsp3) is 0.312. The quantitative estimate of drug-likeness (QED) is 0.561. The highest BCUT2D eigenvalue weighted by atomic mass is 35.5. The van der Waals surface area contributed by atoms with Crippen LogP contribution in [0.5, 0.6) is 5.75 Å². The lowest BCUT2D eigenvalue weighted by atomic mass is 10.2. The lowest BCUT2D eigenvalue weighted by Crippen LogP contribution is -2.21. The van der Waals surface area contributed by atoms with Crippen LogP contribution in [0, 0.1) is 0 Å². The highest BCUT2D eigenvalue weighted by molar-refractivity contribution is 6.30. The van der Waals surface area contributed by atoms with E-state index >= 15 is 0 Å². The highest BCUT2D eigenvalue weighted by Gasteiger charge is 2.04. The van der Waals surface area contributed by atoms with E-state index in [1.807, 2.05) is 36.4 Å². The van der Waals surface area contributed by atoms with Gasteiger partial charge in [-0.15, -0.1) is 0 Å². The molecule has 3 nitrogen and oxygen atoms in total. The zero-order valence-corrected chi connectivity index (χ0v) is 13.4. The first-order valence-corrected chi connectivity index (χ1v) is 7.57. The maximum absolute atomic E-state index is 6.05. The molecule has 0 radical (unpaired) electrons. The number of ether oxygens (including phenoxy) is 1. The number of benzene rings is 1. The van der Waals surface area contributed by atoms with Gasteiger partial charge in [0, 0.05) is 29.9 Å². The van der Waals surface area contributed by atoms with Crippen molar-refractivity contribution in [3.63, 3.8) is 0 Å². The molecule has 0 bridgehead atoms. The highest BCUT2D eigenvalue weighted by Crippen LogP contribution is 2.17. The first-order chi connectivity index (χ1) is 10.1. The van der Waals surface area contributed by atoms with E-state index in [0.717, 1.165) is 30.8 Å². The smallest absolute Gasteiger partial charge is 0.133 e. The molecule has 0 aliphatic carbocycles. The van der Waals surface area contributed by atoms with Gasteiger partial charge in [0.2, 0.25) is 0 Å². The second-order valence-corrected chi connectivity index (χ2v) is 5.64. The number of aromatic nitrogens is 1. The van der Waals surface area contributed by atoms with Gasteiger partial charge in [-0.05, 0) is 37.7 Å². The number of pyridine rings is 1. The molecule has 1 heterocycles. The van der Waals surface area contributed by atoms with Crippen molar-refractivity contribution < 1.29 is 4.74 Å². The van der Waals surface area contributed by atoms with Crippen molar-refractivity contribution in [3.8, 4) is 5.75 Å². The van der Waals surface area contributed by atoms with Crippen molar-refractivity contribution in [3.05, 3.63) is 58.3 Å². The molecule has 0 saturated carbocycles. The summed E-state index contributed by atoms with van der Waals surface area (Å²) in [5.41, 5.74) is 1.04. The van der Waals surface area contributed by atoms with Crippen LogP contribution in [0.4, 0.5) is 0 Å². The fourth-order valence-electron chi connectivity index (χ4n) is 1.99. The molecule has 112 valence electrons. The minimum Gasteiger partial charge on any atom is -0.493 e. The van der Waals surface area contributed by atoms with Crippen molar-refractivity contribution in [1.29, 1.82) is 0 Å². The minimum absolute atomic E-state index is 0.569. The van der Waals surface area contributed by atoms with Crippen LogP contribution in [0.3, 0.4) is 0 Å². The molecule has 0 aliphatic heterocycles. The van der Waals surface area contributed by atoms with Crippen LogP contribution in [-0.2, 0) is 6.54 Å². The SMILES string of the molecule is CN(CCCOc1cccc(Cl)c1)Cc1cccnc1Cl. The van der Waals surface area contributed by atoms with Crippen molar-refractivity contribution in [2.75, 3.05) is 20.2 Å². The summed E-state index contributed by atoms with van der Waals surface area (Å²) in [4.78, 5) is 6.28. The summed E-state index contributed by atoms with van der Waals surface area (Å²) in [5, 5.41) is 1.26. The minimum atomic E-state index is 0.569. The fourth-order valence-corrected chi connectivity index (χ4v) is 2.35. The van der Waals surface area contributed by atoms with Crippen LogP contribution in [0.1, 0.15) is 12.0 Å². The van der Waals surface area contributed by atoms with Gasteiger partial charge in [-0.1, -0.05) is 35.3 Å². The molecule has 1 aromatic heterocycles. The predicted octanol–water partition coefficient (Wildman–Crippen LogP) is 4.29. The van der Waals surface area contributed by atoms with Crippen LogP contribution in [0.25, 0.3) is 0 Å². The van der Waals surface area contributed by atoms with E-state index in [4.69, 9.17) is 27.9 Å². The van der Waals surface area contributed by atoms with E-state index in [0.29, 0.717) is 16.8 Å². The molecule has 0 atom stereocenters. The Bertz CT molecular complexity index is 578. The van der Waals surface area contributed by atoms with Crippen LogP contribution >= 0.6 is 23.2 Å². The zero-order chi connectivity index (χ0) is 15.1. The topological polar surface area (TPSA) is 25.4 Å². The van der Waals surface area contributed by atoms with Crippen LogP contribution in [-0.4, -0.2) is 30.1 Å². The molecule has 0 amide bonds. The number of halogens is 2. The van der Waals surface area contributed by atoms with E-state index in [1.54, 1.807) is 6.20 Å². The lowest BCUT2D eigenvalue weighted by molar-refractivity contribution is 0.258. The van der Waals surface area contributed by atoms with Crippen LogP contribution < -0.4 is 4.74 Å². The molecule has 0 spiro atoms. The van der Waals surface area contributed by atoms with Gasteiger partial charge in [0.1, 0.15) is 10.9 Å². The van der Waals surface area contributed by atoms with Crippen molar-refractivity contribution in [1.82, 2.24) is 9.88 Å². The number of nitrogens with zero attached hydrogens (tertiary/aromatic N) is 2. The van der Waals surface area contributed by atoms with Gasteiger partial charge in [-0.25, -0.2) is 4.98 Å². The summed E-state index contributed by atoms with van der Waals surface area (Å²) in [5.74, 6) is 0.806. The Morgan fingerprint density at radius 3 is 2.81 bits per heavy atom. The second-order valence-electron chi connectivity index (χ2n) is 4.85. The monoisotopic (exact) mass is 324 g/mol. The molecular weight excluding hydrogens is 307 g/mol. The molecule has 0 fully saturated rings. The van der Waals surface area contributed by atoms with E-state index in [1.165, 1.54) is 0 Å². The summed E-state index contributed by atoms with van der Waals surface area (Å²) >= 11 is 12.0. The van der Waals surface area contributed by atoms with Crippen molar-refractivity contribution in [2.24, 2.45) is 0 Å². The molecule has 0 unspecified atom stereocenters. The third-order valence-corrected chi connectivity index (χ3v) is 3.60. The Kier molecular flexibility index (Phi) is 6.30. The van der Waals surface area contributed by atoms with Gasteiger partial charge in [0.05, 0.1) is 6.61 Å². The lowest BCUT2D eigenvalue weighted by Gasteiger charge is -2.17. The maximum Gasteiger partial charge on any atom is 0.133 e. The molecule has 5 heteroatoms. The Labute approximate surface area is 135 Å². The Balaban J connectivity index is 1.70. The molecule has 0 aliphatic rings. The van der Waals surface area contributed by atoms with E-state index in [9.17, 15) is 0 Å². The van der Waals surface area contributed by atoms with Gasteiger partial charge >= 0.3 is 0 Å². The average Bonchev–Trinajstić information content (AvgIpc) is 2.46. The normalized spacial score (nSPS) is 10.9. The van der Waals surface area contributed by atoms with Crippen molar-refractivity contribution >= 4 is 23.2 Å². The molecular formula is C16H18Cl2N2O. The summed E-state index contributed by atoms with van der Waals surface area (Å²) in [6.07, 6.45) is 2.63. The van der Waals surface area contributed by atoms with Gasteiger partial charge < -0.3 is 9.64 Å². The molecule has 2 rings (SSSR count). The molecule has 2 aromatic rings. The molecule has 1 aromatic carbocycles. The third-order valence-electron chi connectivity index (χ3n) is 3.03. The summed E-state index contributed by atoms with van der Waals surface area (Å²) in [6, 6.07) is 11.3. The van der Waals surface area contributed by atoms with Crippen molar-refractivity contribution in [2.45, 2.75) is 13.0 Å². The molecule has 21 heavy (non-hydrogen) atoms. The van der Waals surface area contributed by atoms with E-state index in [2.05, 4.69) is 16.9 Å². The largest absolute Gasteiger partial charge is 0.493 e. The number of hydrogen-bond acceptors (Lipinski definition) is 3. The average molecular weight is 325 g/mol. The second kappa shape index (κ2) is 8.23. The van der Waals surface area contributed by atoms with E-state index in [-0.39, 0.29) is 0 Å². The third kappa shape index (κ3) is 5.54. The van der Waals surface area contributed by atoms with Gasteiger partial charge in [-0.3, -0.25) is 0 Å². The van der Waals surface area contributed by atoms with Crippen LogP contribution in [0.15, 0.2) is 42.6 Å². The summed E-state index contributed by atoms with van der Waals surface area (Å²) in [7, 11) is 2.06. The van der Waals surface area contributed by atoms with Gasteiger partial charge in [0.25, 0.3) is 0 Å². The maximum atomic E-state index is 6.05. The summed E-state index contributed by atoms with van der Waals surface area (Å²) < 4.78 is 5.66. The van der Waals surface area contributed by atoms with Gasteiger partial charge in [0.15, 0.2) is 0 Å². The Hall–Kier alpha value is -1.29. The first-order valence-electron chi connectivity index (χ1n) is 6.81. The molecule has 0 N–H and O–H groups in total. The number of hydrogen-bond donors (Lipinski definition) is 0. The predicted molar refractivity (Wildman–Crippen MR) is 87.1 cm³/mol. The summed E-state index contributed by atoms with van der Waals surface area (Å²) in [6.45, 7) is 2.36. The number of rotatable bonds is 7.